The van der Waals surface area contributed by atoms with Gasteiger partial charge in [0.2, 0.25) is 0 Å². The predicted molar refractivity (Wildman–Crippen MR) is 54.2 cm³/mol. The van der Waals surface area contributed by atoms with E-state index in [1.807, 2.05) is 0 Å². The molecule has 0 aliphatic rings. The molecule has 2 nitrogen and oxygen atoms in total. The second-order valence-corrected chi connectivity index (χ2v) is 4.46. The molecule has 0 fully saturated rings. The third-order valence-corrected chi connectivity index (χ3v) is 2.41. The molecule has 0 heterocycles. The number of hydrogen-bond acceptors (Lipinski definition) is 1. The fraction of sp³-hybridized carbons (Fsp3) is 0.857. The standard InChI is InChI=1S/C7H13Br2NO/c1-3-5(2)4-6(8)10-7(9)11/h5-6H,3-4H2,1-2H3,(H,10,11). The zero-order valence-electron chi connectivity index (χ0n) is 6.73. The fourth-order valence-corrected chi connectivity index (χ4v) is 2.13. The summed E-state index contributed by atoms with van der Waals surface area (Å²) in [6.45, 7) is 4.30. The number of rotatable bonds is 4. The molecule has 0 rings (SSSR count). The summed E-state index contributed by atoms with van der Waals surface area (Å²) in [5, 5.41) is 2.70. The van der Waals surface area contributed by atoms with Crippen LogP contribution in [0.3, 0.4) is 0 Å². The highest BCUT2D eigenvalue weighted by atomic mass is 79.9. The smallest absolute Gasteiger partial charge is 0.288 e. The van der Waals surface area contributed by atoms with Crippen LogP contribution in [-0.4, -0.2) is 9.77 Å². The lowest BCUT2D eigenvalue weighted by Gasteiger charge is -2.13. The Balaban J connectivity index is 3.51. The largest absolute Gasteiger partial charge is 0.334 e. The predicted octanol–water partition coefficient (Wildman–Crippen LogP) is 3.25. The summed E-state index contributed by atoms with van der Waals surface area (Å²) in [4.78, 5) is 10.4. The molecule has 1 amide bonds. The van der Waals surface area contributed by atoms with Gasteiger partial charge in [0.25, 0.3) is 4.82 Å². The van der Waals surface area contributed by atoms with Crippen LogP contribution in [0, 0.1) is 5.92 Å². The first kappa shape index (κ1) is 11.4. The van der Waals surface area contributed by atoms with Crippen LogP contribution in [0.2, 0.25) is 0 Å². The highest BCUT2D eigenvalue weighted by Gasteiger charge is 2.09. The zero-order valence-corrected chi connectivity index (χ0v) is 9.91. The summed E-state index contributed by atoms with van der Waals surface area (Å²) >= 11 is 6.16. The van der Waals surface area contributed by atoms with Gasteiger partial charge in [-0.2, -0.15) is 0 Å². The van der Waals surface area contributed by atoms with Crippen LogP contribution in [-0.2, 0) is 0 Å². The third kappa shape index (κ3) is 6.81. The summed E-state index contributed by atoms with van der Waals surface area (Å²) in [6.07, 6.45) is 2.11. The van der Waals surface area contributed by atoms with Crippen LogP contribution >= 0.6 is 31.9 Å². The van der Waals surface area contributed by atoms with Crippen molar-refractivity contribution in [1.82, 2.24) is 5.32 Å². The van der Waals surface area contributed by atoms with Crippen molar-refractivity contribution in [3.05, 3.63) is 0 Å². The van der Waals surface area contributed by atoms with Crippen molar-refractivity contribution in [3.63, 3.8) is 0 Å². The van der Waals surface area contributed by atoms with Crippen molar-refractivity contribution in [3.8, 4) is 0 Å². The summed E-state index contributed by atoms with van der Waals surface area (Å²) in [7, 11) is 0. The lowest BCUT2D eigenvalue weighted by Crippen LogP contribution is -2.26. The Morgan fingerprint density at radius 3 is 2.55 bits per heavy atom. The maximum absolute atomic E-state index is 10.5. The fourth-order valence-electron chi connectivity index (χ4n) is 0.702. The lowest BCUT2D eigenvalue weighted by molar-refractivity contribution is 0.260. The van der Waals surface area contributed by atoms with Gasteiger partial charge < -0.3 is 5.32 Å². The molecule has 11 heavy (non-hydrogen) atoms. The minimum Gasteiger partial charge on any atom is -0.334 e. The van der Waals surface area contributed by atoms with Crippen LogP contribution in [0.15, 0.2) is 0 Å². The number of carbonyl (C=O) groups excluding carboxylic acids is 1. The van der Waals surface area contributed by atoms with E-state index in [-0.39, 0.29) is 9.77 Å². The van der Waals surface area contributed by atoms with Crippen molar-refractivity contribution >= 4 is 36.7 Å². The molecule has 0 radical (unpaired) electrons. The lowest BCUT2D eigenvalue weighted by atomic mass is 10.1. The number of amides is 1. The van der Waals surface area contributed by atoms with Gasteiger partial charge in [-0.3, -0.25) is 4.79 Å². The number of carbonyl (C=O) groups is 1. The second kappa shape index (κ2) is 6.00. The topological polar surface area (TPSA) is 29.1 Å². The molecule has 0 saturated heterocycles. The molecule has 0 aromatic rings. The van der Waals surface area contributed by atoms with Crippen molar-refractivity contribution in [2.75, 3.05) is 0 Å². The zero-order chi connectivity index (χ0) is 8.85. The molecule has 66 valence electrons. The molecule has 4 heteroatoms. The summed E-state index contributed by atoms with van der Waals surface area (Å²) in [5.74, 6) is 0.638. The van der Waals surface area contributed by atoms with Crippen molar-refractivity contribution in [2.24, 2.45) is 5.92 Å². The minimum atomic E-state index is -0.164. The SMILES string of the molecule is CCC(C)CC(Br)NC(=O)Br. The van der Waals surface area contributed by atoms with Crippen molar-refractivity contribution in [1.29, 1.82) is 0 Å². The molecule has 2 unspecified atom stereocenters. The Morgan fingerprint density at radius 2 is 2.18 bits per heavy atom. The molecule has 0 aromatic heterocycles. The Kier molecular flexibility index (Phi) is 6.24. The van der Waals surface area contributed by atoms with E-state index < -0.39 is 0 Å². The number of nitrogens with one attached hydrogen (secondary N) is 1. The van der Waals surface area contributed by atoms with E-state index in [2.05, 4.69) is 51.0 Å². The molecule has 0 aromatic carbocycles. The van der Waals surface area contributed by atoms with Crippen LogP contribution < -0.4 is 5.32 Å². The van der Waals surface area contributed by atoms with E-state index in [1.54, 1.807) is 0 Å². The van der Waals surface area contributed by atoms with Gasteiger partial charge in [-0.05, 0) is 12.3 Å². The summed E-state index contributed by atoms with van der Waals surface area (Å²) in [5.41, 5.74) is 0. The van der Waals surface area contributed by atoms with E-state index >= 15 is 0 Å². The highest BCUT2D eigenvalue weighted by molar-refractivity contribution is 9.18. The molecule has 0 spiro atoms. The van der Waals surface area contributed by atoms with Gasteiger partial charge >= 0.3 is 0 Å². The van der Waals surface area contributed by atoms with E-state index in [4.69, 9.17) is 0 Å². The molecule has 0 aliphatic heterocycles. The quantitative estimate of drug-likeness (QED) is 0.480. The van der Waals surface area contributed by atoms with E-state index in [9.17, 15) is 4.79 Å². The first-order valence-electron chi connectivity index (χ1n) is 3.66. The summed E-state index contributed by atoms with van der Waals surface area (Å²) < 4.78 is 0. The van der Waals surface area contributed by atoms with Gasteiger partial charge in [-0.1, -0.05) is 36.2 Å². The maximum Gasteiger partial charge on any atom is 0.288 e. The normalized spacial score (nSPS) is 15.6. The van der Waals surface area contributed by atoms with Gasteiger partial charge in [0.15, 0.2) is 0 Å². The Hall–Kier alpha value is 0.430. The van der Waals surface area contributed by atoms with Crippen LogP contribution in [0.25, 0.3) is 0 Å². The Labute approximate surface area is 84.4 Å². The average Bonchev–Trinajstić information content (AvgIpc) is 1.85. The monoisotopic (exact) mass is 285 g/mol. The number of hydrogen-bond donors (Lipinski definition) is 1. The number of halogens is 2. The maximum atomic E-state index is 10.5. The molecule has 2 atom stereocenters. The van der Waals surface area contributed by atoms with Gasteiger partial charge in [0, 0.05) is 15.9 Å². The molecule has 0 saturated carbocycles. The Bertz CT molecular complexity index is 130. The molecule has 0 bridgehead atoms. The van der Waals surface area contributed by atoms with Gasteiger partial charge in [-0.25, -0.2) is 0 Å². The highest BCUT2D eigenvalue weighted by Crippen LogP contribution is 2.13. The van der Waals surface area contributed by atoms with Crippen LogP contribution in [0.5, 0.6) is 0 Å². The average molecular weight is 287 g/mol. The third-order valence-electron chi connectivity index (χ3n) is 1.58. The van der Waals surface area contributed by atoms with Gasteiger partial charge in [0.1, 0.15) is 0 Å². The van der Waals surface area contributed by atoms with Crippen LogP contribution in [0.4, 0.5) is 4.79 Å². The van der Waals surface area contributed by atoms with Crippen molar-refractivity contribution < 1.29 is 4.79 Å². The van der Waals surface area contributed by atoms with E-state index in [0.717, 1.165) is 12.8 Å². The summed E-state index contributed by atoms with van der Waals surface area (Å²) in [6, 6.07) is 0. The van der Waals surface area contributed by atoms with Gasteiger partial charge in [-0.15, -0.1) is 0 Å². The number of alkyl halides is 1. The minimum absolute atomic E-state index is 0.0873. The molecular weight excluding hydrogens is 274 g/mol. The van der Waals surface area contributed by atoms with Gasteiger partial charge in [0.05, 0.1) is 4.95 Å². The molecular formula is C7H13Br2NO. The first-order chi connectivity index (χ1) is 5.06. The van der Waals surface area contributed by atoms with E-state index in [1.165, 1.54) is 0 Å². The molecule has 0 aliphatic carbocycles. The van der Waals surface area contributed by atoms with E-state index in [0.29, 0.717) is 5.92 Å². The van der Waals surface area contributed by atoms with Crippen LogP contribution in [0.1, 0.15) is 26.7 Å². The van der Waals surface area contributed by atoms with Crippen molar-refractivity contribution in [2.45, 2.75) is 31.6 Å². The Morgan fingerprint density at radius 1 is 1.64 bits per heavy atom. The molecule has 1 N–H and O–H groups in total. The second-order valence-electron chi connectivity index (χ2n) is 2.63. The first-order valence-corrected chi connectivity index (χ1v) is 5.37.